The topological polar surface area (TPSA) is 85.4 Å². The Morgan fingerprint density at radius 2 is 1.68 bits per heavy atom. The first-order valence-corrected chi connectivity index (χ1v) is 10.0. The number of aromatic nitrogens is 1. The quantitative estimate of drug-likeness (QED) is 0.407. The molecule has 152 valence electrons. The molecule has 2 amide bonds. The molecule has 31 heavy (non-hydrogen) atoms. The molecule has 4 aromatic rings. The predicted molar refractivity (Wildman–Crippen MR) is 116 cm³/mol. The summed E-state index contributed by atoms with van der Waals surface area (Å²) in [6.45, 7) is 0. The van der Waals surface area contributed by atoms with E-state index in [4.69, 9.17) is 9.72 Å². The molecule has 1 N–H and O–H groups in total. The van der Waals surface area contributed by atoms with Gasteiger partial charge >= 0.3 is 5.97 Å². The molecule has 1 aliphatic rings. The Morgan fingerprint density at radius 3 is 2.52 bits per heavy atom. The molecule has 6 heteroatoms. The van der Waals surface area contributed by atoms with E-state index in [0.717, 1.165) is 16.3 Å². The SMILES string of the molecule is O=C1CCC(OC(=O)c2cc(-c3cccc4ccccc34)nc3ccccc23)C(=O)N1. The Hall–Kier alpha value is -4.06. The molecule has 1 fully saturated rings. The van der Waals surface area contributed by atoms with Gasteiger partial charge in [-0.3, -0.25) is 14.9 Å². The predicted octanol–water partition coefficient (Wildman–Crippen LogP) is 4.02. The molecule has 6 nitrogen and oxygen atoms in total. The van der Waals surface area contributed by atoms with Gasteiger partial charge in [-0.05, 0) is 22.9 Å². The summed E-state index contributed by atoms with van der Waals surface area (Å²) < 4.78 is 5.49. The Morgan fingerprint density at radius 1 is 0.935 bits per heavy atom. The van der Waals surface area contributed by atoms with E-state index in [0.29, 0.717) is 22.2 Å². The van der Waals surface area contributed by atoms with E-state index in [-0.39, 0.29) is 18.7 Å². The van der Waals surface area contributed by atoms with Crippen LogP contribution in [0.5, 0.6) is 0 Å². The second-order valence-electron chi connectivity index (χ2n) is 7.44. The zero-order valence-electron chi connectivity index (χ0n) is 16.5. The van der Waals surface area contributed by atoms with Crippen LogP contribution in [0.25, 0.3) is 32.9 Å². The van der Waals surface area contributed by atoms with E-state index < -0.39 is 18.0 Å². The van der Waals surface area contributed by atoms with E-state index in [9.17, 15) is 14.4 Å². The van der Waals surface area contributed by atoms with Crippen molar-refractivity contribution in [3.05, 3.63) is 78.4 Å². The van der Waals surface area contributed by atoms with Crippen molar-refractivity contribution in [2.45, 2.75) is 18.9 Å². The normalized spacial score (nSPS) is 16.3. The summed E-state index contributed by atoms with van der Waals surface area (Å²) in [4.78, 5) is 41.3. The minimum atomic E-state index is -0.988. The number of carbonyl (C=O) groups excluding carboxylic acids is 3. The highest BCUT2D eigenvalue weighted by Crippen LogP contribution is 2.31. The monoisotopic (exact) mass is 410 g/mol. The lowest BCUT2D eigenvalue weighted by atomic mass is 9.99. The van der Waals surface area contributed by atoms with Crippen molar-refractivity contribution in [2.24, 2.45) is 0 Å². The average Bonchev–Trinajstić information content (AvgIpc) is 2.79. The second kappa shape index (κ2) is 7.65. The summed E-state index contributed by atoms with van der Waals surface area (Å²) in [5, 5.41) is 4.95. The van der Waals surface area contributed by atoms with Gasteiger partial charge in [-0.15, -0.1) is 0 Å². The van der Waals surface area contributed by atoms with Crippen molar-refractivity contribution in [1.29, 1.82) is 0 Å². The van der Waals surface area contributed by atoms with Crippen LogP contribution in [0.2, 0.25) is 0 Å². The molecule has 2 heterocycles. The molecule has 1 saturated heterocycles. The summed E-state index contributed by atoms with van der Waals surface area (Å²) in [5.74, 6) is -1.56. The van der Waals surface area contributed by atoms with Crippen LogP contribution < -0.4 is 5.32 Å². The van der Waals surface area contributed by atoms with E-state index >= 15 is 0 Å². The average molecular weight is 410 g/mol. The Kier molecular flexibility index (Phi) is 4.67. The molecule has 5 rings (SSSR count). The fraction of sp³-hybridized carbons (Fsp3) is 0.120. The van der Waals surface area contributed by atoms with Gasteiger partial charge in [0.05, 0.1) is 16.8 Å². The summed E-state index contributed by atoms with van der Waals surface area (Å²) in [6, 6.07) is 23.0. The zero-order chi connectivity index (χ0) is 21.4. The van der Waals surface area contributed by atoms with Crippen LogP contribution in [-0.2, 0) is 14.3 Å². The Bertz CT molecular complexity index is 1360. The third-order valence-electron chi connectivity index (χ3n) is 5.44. The van der Waals surface area contributed by atoms with Crippen LogP contribution in [0, 0.1) is 0 Å². The number of amides is 2. The Labute approximate surface area is 177 Å². The van der Waals surface area contributed by atoms with Gasteiger partial charge in [0, 0.05) is 23.8 Å². The van der Waals surface area contributed by atoms with Crippen molar-refractivity contribution >= 4 is 39.5 Å². The molecule has 0 spiro atoms. The summed E-state index contributed by atoms with van der Waals surface area (Å²) in [7, 11) is 0. The highest BCUT2D eigenvalue weighted by Gasteiger charge is 2.30. The lowest BCUT2D eigenvalue weighted by molar-refractivity contribution is -0.140. The maximum atomic E-state index is 13.1. The van der Waals surface area contributed by atoms with Gasteiger partial charge in [0.1, 0.15) is 0 Å². The van der Waals surface area contributed by atoms with Crippen LogP contribution >= 0.6 is 0 Å². The van der Waals surface area contributed by atoms with Crippen LogP contribution in [-0.4, -0.2) is 28.9 Å². The molecule has 0 saturated carbocycles. The lowest BCUT2D eigenvalue weighted by Crippen LogP contribution is -2.45. The lowest BCUT2D eigenvalue weighted by Gasteiger charge is -2.21. The first-order valence-electron chi connectivity index (χ1n) is 10.0. The third kappa shape index (κ3) is 3.53. The number of imide groups is 1. The van der Waals surface area contributed by atoms with Crippen LogP contribution in [0.15, 0.2) is 72.8 Å². The maximum absolute atomic E-state index is 13.1. The summed E-state index contributed by atoms with van der Waals surface area (Å²) in [5.41, 5.74) is 2.53. The van der Waals surface area contributed by atoms with Gasteiger partial charge in [-0.1, -0.05) is 60.7 Å². The number of hydrogen-bond acceptors (Lipinski definition) is 5. The third-order valence-corrected chi connectivity index (χ3v) is 5.44. The maximum Gasteiger partial charge on any atom is 0.339 e. The zero-order valence-corrected chi connectivity index (χ0v) is 16.5. The van der Waals surface area contributed by atoms with E-state index in [1.54, 1.807) is 12.1 Å². The standard InChI is InChI=1S/C25H18N2O4/c28-23-13-12-22(24(29)27-23)31-25(30)19-14-21(26-20-11-4-3-9-18(19)20)17-10-5-7-15-6-1-2-8-16(15)17/h1-11,14,22H,12-13H2,(H,27,28,29). The fourth-order valence-corrected chi connectivity index (χ4v) is 3.91. The number of carbonyl (C=O) groups is 3. The van der Waals surface area contributed by atoms with Crippen molar-refractivity contribution in [2.75, 3.05) is 0 Å². The molecule has 0 bridgehead atoms. The largest absolute Gasteiger partial charge is 0.449 e. The molecule has 1 unspecified atom stereocenters. The molecule has 3 aromatic carbocycles. The molecule has 1 atom stereocenters. The number of nitrogens with zero attached hydrogens (tertiary/aromatic N) is 1. The number of piperidine rings is 1. The van der Waals surface area contributed by atoms with Crippen LogP contribution in [0.1, 0.15) is 23.2 Å². The number of hydrogen-bond donors (Lipinski definition) is 1. The number of ether oxygens (including phenoxy) is 1. The van der Waals surface area contributed by atoms with Crippen molar-refractivity contribution in [3.63, 3.8) is 0 Å². The second-order valence-corrected chi connectivity index (χ2v) is 7.44. The van der Waals surface area contributed by atoms with E-state index in [1.807, 2.05) is 60.7 Å². The van der Waals surface area contributed by atoms with E-state index in [1.165, 1.54) is 0 Å². The van der Waals surface area contributed by atoms with Crippen molar-refractivity contribution in [1.82, 2.24) is 10.3 Å². The molecular weight excluding hydrogens is 392 g/mol. The van der Waals surface area contributed by atoms with Gasteiger partial charge in [0.2, 0.25) is 5.91 Å². The molecule has 0 radical (unpaired) electrons. The minimum absolute atomic E-state index is 0.141. The molecule has 1 aliphatic heterocycles. The number of rotatable bonds is 3. The smallest absolute Gasteiger partial charge is 0.339 e. The number of nitrogens with one attached hydrogen (secondary N) is 1. The number of esters is 1. The van der Waals surface area contributed by atoms with Gasteiger partial charge in [-0.2, -0.15) is 0 Å². The fourth-order valence-electron chi connectivity index (χ4n) is 3.91. The van der Waals surface area contributed by atoms with Gasteiger partial charge < -0.3 is 4.74 Å². The first-order chi connectivity index (χ1) is 15.1. The van der Waals surface area contributed by atoms with Crippen LogP contribution in [0.3, 0.4) is 0 Å². The highest BCUT2D eigenvalue weighted by molar-refractivity contribution is 6.07. The number of pyridine rings is 1. The van der Waals surface area contributed by atoms with Gasteiger partial charge in [0.15, 0.2) is 6.10 Å². The van der Waals surface area contributed by atoms with Gasteiger partial charge in [-0.25, -0.2) is 9.78 Å². The first kappa shape index (κ1) is 18.9. The number of benzene rings is 3. The molecule has 0 aliphatic carbocycles. The van der Waals surface area contributed by atoms with Crippen LogP contribution in [0.4, 0.5) is 0 Å². The highest BCUT2D eigenvalue weighted by atomic mass is 16.5. The summed E-state index contributed by atoms with van der Waals surface area (Å²) >= 11 is 0. The number of para-hydroxylation sites is 1. The van der Waals surface area contributed by atoms with Crippen molar-refractivity contribution in [3.8, 4) is 11.3 Å². The van der Waals surface area contributed by atoms with Gasteiger partial charge in [0.25, 0.3) is 5.91 Å². The molecular formula is C25H18N2O4. The Balaban J connectivity index is 1.60. The minimum Gasteiger partial charge on any atom is -0.449 e. The number of fused-ring (bicyclic) bond motifs is 2. The molecule has 1 aromatic heterocycles. The van der Waals surface area contributed by atoms with Crippen molar-refractivity contribution < 1.29 is 19.1 Å². The summed E-state index contributed by atoms with van der Waals surface area (Å²) in [6.07, 6.45) is -0.671. The van der Waals surface area contributed by atoms with E-state index in [2.05, 4.69) is 5.32 Å².